The Bertz CT molecular complexity index is 378. The Hall–Kier alpha value is -1.03. The second-order valence-corrected chi connectivity index (χ2v) is 3.84. The van der Waals surface area contributed by atoms with Gasteiger partial charge in [-0.15, -0.1) is 11.6 Å². The van der Waals surface area contributed by atoms with Crippen molar-refractivity contribution in [3.63, 3.8) is 0 Å². The molecule has 0 aliphatic heterocycles. The largest absolute Gasteiger partial charge is 0.352 e. The first-order valence-corrected chi connectivity index (χ1v) is 6.14. The smallest absolute Gasteiger partial charge is 0.293 e. The topological polar surface area (TPSA) is 38.1 Å². The lowest BCUT2D eigenvalue weighted by Gasteiger charge is -2.21. The third-order valence-corrected chi connectivity index (χ3v) is 2.75. The zero-order valence-electron chi connectivity index (χ0n) is 9.82. The molecule has 0 aromatic carbocycles. The number of hydrogen-bond acceptors (Lipinski definition) is 3. The first kappa shape index (κ1) is 13.0. The third-order valence-electron chi connectivity index (χ3n) is 2.48. The molecule has 0 fully saturated rings. The monoisotopic (exact) mass is 243 g/mol. The van der Waals surface area contributed by atoms with Gasteiger partial charge in [0.15, 0.2) is 5.82 Å². The van der Waals surface area contributed by atoms with E-state index in [4.69, 9.17) is 11.6 Å². The molecule has 0 atom stereocenters. The van der Waals surface area contributed by atoms with Gasteiger partial charge in [0.2, 0.25) is 0 Å². The highest BCUT2D eigenvalue weighted by molar-refractivity contribution is 6.17. The normalized spacial score (nSPS) is 10.4. The zero-order chi connectivity index (χ0) is 12.0. The summed E-state index contributed by atoms with van der Waals surface area (Å²) in [6, 6.07) is 0. The van der Waals surface area contributed by atoms with Crippen molar-refractivity contribution in [2.75, 3.05) is 23.9 Å². The maximum Gasteiger partial charge on any atom is 0.293 e. The highest BCUT2D eigenvalue weighted by atomic mass is 35.5. The average molecular weight is 244 g/mol. The van der Waals surface area contributed by atoms with Gasteiger partial charge in [-0.3, -0.25) is 4.79 Å². The molecule has 0 saturated carbocycles. The van der Waals surface area contributed by atoms with Crippen LogP contribution in [0.25, 0.3) is 0 Å². The van der Waals surface area contributed by atoms with Gasteiger partial charge in [0.1, 0.15) is 0 Å². The van der Waals surface area contributed by atoms with Crippen molar-refractivity contribution in [3.05, 3.63) is 22.7 Å². The van der Waals surface area contributed by atoms with Crippen LogP contribution in [0.5, 0.6) is 0 Å². The Morgan fingerprint density at radius 3 is 2.81 bits per heavy atom. The van der Waals surface area contributed by atoms with Gasteiger partial charge in [-0.05, 0) is 20.3 Å². The third kappa shape index (κ3) is 2.98. The van der Waals surface area contributed by atoms with Crippen LogP contribution in [-0.4, -0.2) is 28.5 Å². The fourth-order valence-corrected chi connectivity index (χ4v) is 1.69. The van der Waals surface area contributed by atoms with Crippen LogP contribution in [0.2, 0.25) is 0 Å². The van der Waals surface area contributed by atoms with Crippen LogP contribution in [0.1, 0.15) is 20.3 Å². The summed E-state index contributed by atoms with van der Waals surface area (Å²) in [7, 11) is 0. The summed E-state index contributed by atoms with van der Waals surface area (Å²) >= 11 is 5.66. The summed E-state index contributed by atoms with van der Waals surface area (Å²) < 4.78 is 1.66. The van der Waals surface area contributed by atoms with Crippen molar-refractivity contribution in [3.8, 4) is 0 Å². The molecule has 0 spiro atoms. The Kier molecular flexibility index (Phi) is 5.32. The summed E-state index contributed by atoms with van der Waals surface area (Å²) in [5.74, 6) is 1.13. The quantitative estimate of drug-likeness (QED) is 0.714. The molecule has 0 saturated heterocycles. The van der Waals surface area contributed by atoms with Crippen molar-refractivity contribution in [2.45, 2.75) is 26.8 Å². The lowest BCUT2D eigenvalue weighted by Crippen LogP contribution is -2.33. The number of aryl methyl sites for hydroxylation is 1. The summed E-state index contributed by atoms with van der Waals surface area (Å²) in [5, 5.41) is 0. The van der Waals surface area contributed by atoms with Crippen LogP contribution in [0.15, 0.2) is 17.2 Å². The minimum Gasteiger partial charge on any atom is -0.352 e. The van der Waals surface area contributed by atoms with Crippen molar-refractivity contribution < 1.29 is 0 Å². The number of hydrogen-bond donors (Lipinski definition) is 0. The first-order chi connectivity index (χ1) is 7.74. The van der Waals surface area contributed by atoms with Crippen molar-refractivity contribution in [2.24, 2.45) is 0 Å². The molecule has 0 aliphatic rings. The predicted molar refractivity (Wildman–Crippen MR) is 67.4 cm³/mol. The molecular formula is C11H18ClN3O. The molecule has 0 N–H and O–H groups in total. The van der Waals surface area contributed by atoms with Crippen LogP contribution in [0.3, 0.4) is 0 Å². The summed E-state index contributed by atoms with van der Waals surface area (Å²) in [6.07, 6.45) is 4.24. The van der Waals surface area contributed by atoms with Crippen molar-refractivity contribution in [1.29, 1.82) is 0 Å². The van der Waals surface area contributed by atoms with E-state index in [1.807, 2.05) is 18.7 Å². The molecular weight excluding hydrogens is 226 g/mol. The van der Waals surface area contributed by atoms with Crippen molar-refractivity contribution >= 4 is 17.4 Å². The first-order valence-electron chi connectivity index (χ1n) is 5.60. The lowest BCUT2D eigenvalue weighted by molar-refractivity contribution is 0.696. The van der Waals surface area contributed by atoms with Gasteiger partial charge < -0.3 is 9.47 Å². The van der Waals surface area contributed by atoms with Crippen LogP contribution in [-0.2, 0) is 6.54 Å². The van der Waals surface area contributed by atoms with Crippen LogP contribution in [0, 0.1) is 0 Å². The van der Waals surface area contributed by atoms with E-state index in [2.05, 4.69) is 4.98 Å². The Labute approximate surface area is 101 Å². The molecule has 5 heteroatoms. The number of anilines is 1. The van der Waals surface area contributed by atoms with Gasteiger partial charge in [-0.25, -0.2) is 4.98 Å². The van der Waals surface area contributed by atoms with E-state index in [0.717, 1.165) is 19.5 Å². The summed E-state index contributed by atoms with van der Waals surface area (Å²) in [4.78, 5) is 18.1. The molecule has 1 heterocycles. The van der Waals surface area contributed by atoms with Gasteiger partial charge in [0.25, 0.3) is 5.56 Å². The van der Waals surface area contributed by atoms with E-state index < -0.39 is 0 Å². The molecule has 0 aliphatic carbocycles. The Morgan fingerprint density at radius 2 is 2.25 bits per heavy atom. The fourth-order valence-electron chi connectivity index (χ4n) is 1.57. The van der Waals surface area contributed by atoms with E-state index in [-0.39, 0.29) is 5.56 Å². The molecule has 16 heavy (non-hydrogen) atoms. The van der Waals surface area contributed by atoms with E-state index in [1.165, 1.54) is 0 Å². The number of halogens is 1. The number of nitrogens with zero attached hydrogens (tertiary/aromatic N) is 3. The molecule has 90 valence electrons. The predicted octanol–water partition coefficient (Wildman–Crippen LogP) is 1.72. The minimum atomic E-state index is -0.0265. The maximum absolute atomic E-state index is 12.0. The Balaban J connectivity index is 2.96. The minimum absolute atomic E-state index is 0.0265. The molecule has 4 nitrogen and oxygen atoms in total. The number of alkyl halides is 1. The van der Waals surface area contributed by atoms with E-state index >= 15 is 0 Å². The average Bonchev–Trinajstić information content (AvgIpc) is 2.32. The van der Waals surface area contributed by atoms with Gasteiger partial charge in [0.05, 0.1) is 0 Å². The Morgan fingerprint density at radius 1 is 1.50 bits per heavy atom. The SMILES string of the molecule is CCN(CCCCl)c1nccn(CC)c1=O. The van der Waals surface area contributed by atoms with Crippen LogP contribution >= 0.6 is 11.6 Å². The van der Waals surface area contributed by atoms with Gasteiger partial charge in [-0.1, -0.05) is 0 Å². The molecule has 0 radical (unpaired) electrons. The van der Waals surface area contributed by atoms with Crippen LogP contribution < -0.4 is 10.5 Å². The van der Waals surface area contributed by atoms with Gasteiger partial charge in [-0.2, -0.15) is 0 Å². The summed E-state index contributed by atoms with van der Waals surface area (Å²) in [5.41, 5.74) is -0.0265. The molecule has 1 rings (SSSR count). The van der Waals surface area contributed by atoms with E-state index in [1.54, 1.807) is 17.0 Å². The lowest BCUT2D eigenvalue weighted by atomic mass is 10.4. The molecule has 0 unspecified atom stereocenters. The highest BCUT2D eigenvalue weighted by Gasteiger charge is 2.10. The standard InChI is InChI=1S/C11H18ClN3O/c1-3-14(8-5-6-12)10-11(16)15(4-2)9-7-13-10/h7,9H,3-6,8H2,1-2H3. The van der Waals surface area contributed by atoms with Crippen molar-refractivity contribution in [1.82, 2.24) is 9.55 Å². The molecule has 1 aromatic rings. The molecule has 1 aromatic heterocycles. The molecule has 0 bridgehead atoms. The maximum atomic E-state index is 12.0. The number of rotatable bonds is 6. The second kappa shape index (κ2) is 6.53. The van der Waals surface area contributed by atoms with Gasteiger partial charge in [0, 0.05) is 37.9 Å². The summed E-state index contributed by atoms with van der Waals surface area (Å²) in [6.45, 7) is 6.17. The fraction of sp³-hybridized carbons (Fsp3) is 0.636. The zero-order valence-corrected chi connectivity index (χ0v) is 10.6. The second-order valence-electron chi connectivity index (χ2n) is 3.46. The highest BCUT2D eigenvalue weighted by Crippen LogP contribution is 2.04. The van der Waals surface area contributed by atoms with Gasteiger partial charge >= 0.3 is 0 Å². The number of aromatic nitrogens is 2. The molecule has 0 amide bonds. The van der Waals surface area contributed by atoms with Crippen LogP contribution in [0.4, 0.5) is 5.82 Å². The van der Waals surface area contributed by atoms with E-state index in [0.29, 0.717) is 18.2 Å². The van der Waals surface area contributed by atoms with E-state index in [9.17, 15) is 4.79 Å².